The van der Waals surface area contributed by atoms with Crippen molar-refractivity contribution in [1.82, 2.24) is 0 Å². The Morgan fingerprint density at radius 1 is 0.829 bits per heavy atom. The van der Waals surface area contributed by atoms with Gasteiger partial charge in [0.25, 0.3) is 0 Å². The number of furan rings is 1. The third-order valence-corrected chi connectivity index (χ3v) is 7.98. The number of aliphatic hydroxyl groups is 1. The number of rotatable bonds is 11. The molecule has 0 fully saturated rings. The van der Waals surface area contributed by atoms with Gasteiger partial charge in [-0.15, -0.1) is 0 Å². The second-order valence-corrected chi connectivity index (χ2v) is 15.3. The van der Waals surface area contributed by atoms with Crippen LogP contribution in [0.3, 0.4) is 0 Å². The minimum Gasteiger partial charge on any atom is -0.488 e. The lowest BCUT2D eigenvalue weighted by Crippen LogP contribution is -2.48. The van der Waals surface area contributed by atoms with Crippen molar-refractivity contribution >= 4 is 16.9 Å². The van der Waals surface area contributed by atoms with Gasteiger partial charge < -0.3 is 19.0 Å². The molecule has 41 heavy (non-hydrogen) atoms. The van der Waals surface area contributed by atoms with Gasteiger partial charge in [0.15, 0.2) is 0 Å². The Morgan fingerprint density at radius 2 is 1.49 bits per heavy atom. The number of aliphatic hydroxyl groups excluding tert-OH is 1. The molecular weight excluding hydrogens is 512 g/mol. The van der Waals surface area contributed by atoms with Gasteiger partial charge in [-0.1, -0.05) is 65.8 Å². The molecule has 1 aromatic heterocycles. The zero-order chi connectivity index (χ0) is 30.9. The minimum atomic E-state index is -0.731. The van der Waals surface area contributed by atoms with Crippen LogP contribution in [-0.2, 0) is 16.0 Å². The van der Waals surface area contributed by atoms with Crippen molar-refractivity contribution in [3.05, 3.63) is 54.1 Å². The molecule has 0 saturated carbocycles. The van der Waals surface area contributed by atoms with Crippen molar-refractivity contribution in [2.24, 2.45) is 16.2 Å². The van der Waals surface area contributed by atoms with Crippen LogP contribution in [-0.4, -0.2) is 28.9 Å². The Balaban J connectivity index is 1.77. The summed E-state index contributed by atoms with van der Waals surface area (Å²) in [5.41, 5.74) is 0.704. The van der Waals surface area contributed by atoms with E-state index in [1.165, 1.54) is 0 Å². The van der Waals surface area contributed by atoms with Crippen LogP contribution in [0.1, 0.15) is 101 Å². The normalized spacial score (nSPS) is 14.6. The van der Waals surface area contributed by atoms with E-state index in [9.17, 15) is 9.90 Å². The SMILES string of the molecule is CC(C)(C)CC(C)(C(=O)OC(C)(C)CC(C)(C)Oc1ccc2cc(-c3ccccc3CCCO)oc2c1)C(C)(C)C. The zero-order valence-corrected chi connectivity index (χ0v) is 27.2. The van der Waals surface area contributed by atoms with Gasteiger partial charge in [-0.2, -0.15) is 0 Å². The lowest BCUT2D eigenvalue weighted by atomic mass is 9.61. The predicted octanol–water partition coefficient (Wildman–Crippen LogP) is 9.38. The Hall–Kier alpha value is -2.79. The summed E-state index contributed by atoms with van der Waals surface area (Å²) in [7, 11) is 0. The smallest absolute Gasteiger partial charge is 0.312 e. The van der Waals surface area contributed by atoms with Gasteiger partial charge in [0.05, 0.1) is 5.41 Å². The summed E-state index contributed by atoms with van der Waals surface area (Å²) in [6.07, 6.45) is 2.75. The molecule has 0 aliphatic carbocycles. The van der Waals surface area contributed by atoms with Crippen LogP contribution in [0.4, 0.5) is 0 Å². The average molecular weight is 565 g/mol. The van der Waals surface area contributed by atoms with Crippen molar-refractivity contribution < 1.29 is 23.8 Å². The highest BCUT2D eigenvalue weighted by Gasteiger charge is 2.49. The quantitative estimate of drug-likeness (QED) is 0.235. The summed E-state index contributed by atoms with van der Waals surface area (Å²) < 4.78 is 19.0. The molecule has 1 N–H and O–H groups in total. The van der Waals surface area contributed by atoms with E-state index >= 15 is 0 Å². The summed E-state index contributed by atoms with van der Waals surface area (Å²) >= 11 is 0. The first-order valence-electron chi connectivity index (χ1n) is 14.9. The Labute approximate surface area is 247 Å². The first-order valence-corrected chi connectivity index (χ1v) is 14.9. The van der Waals surface area contributed by atoms with Crippen molar-refractivity contribution in [2.45, 2.75) is 113 Å². The molecule has 2 aromatic carbocycles. The molecule has 0 aliphatic rings. The maximum Gasteiger partial charge on any atom is 0.312 e. The molecule has 5 nitrogen and oxygen atoms in total. The predicted molar refractivity (Wildman–Crippen MR) is 168 cm³/mol. The average Bonchev–Trinajstić information content (AvgIpc) is 3.22. The number of benzene rings is 2. The Morgan fingerprint density at radius 3 is 2.10 bits per heavy atom. The summed E-state index contributed by atoms with van der Waals surface area (Å²) in [5, 5.41) is 10.3. The number of ether oxygens (including phenoxy) is 2. The van der Waals surface area contributed by atoms with E-state index in [1.54, 1.807) is 0 Å². The lowest BCUT2D eigenvalue weighted by Gasteiger charge is -2.45. The van der Waals surface area contributed by atoms with E-state index < -0.39 is 16.6 Å². The fourth-order valence-electron chi connectivity index (χ4n) is 5.94. The second-order valence-electron chi connectivity index (χ2n) is 15.3. The first kappa shape index (κ1) is 32.7. The maximum absolute atomic E-state index is 13.7. The van der Waals surface area contributed by atoms with Crippen LogP contribution in [0.2, 0.25) is 0 Å². The van der Waals surface area contributed by atoms with E-state index in [0.717, 1.165) is 40.7 Å². The molecule has 0 radical (unpaired) electrons. The first-order chi connectivity index (χ1) is 18.8. The third kappa shape index (κ3) is 8.38. The zero-order valence-electron chi connectivity index (χ0n) is 27.2. The number of hydrogen-bond acceptors (Lipinski definition) is 5. The molecular formula is C36H52O5. The molecule has 226 valence electrons. The third-order valence-electron chi connectivity index (χ3n) is 7.98. The van der Waals surface area contributed by atoms with Crippen LogP contribution >= 0.6 is 0 Å². The van der Waals surface area contributed by atoms with Gasteiger partial charge in [-0.25, -0.2) is 0 Å². The molecule has 1 heterocycles. The second kappa shape index (κ2) is 11.8. The van der Waals surface area contributed by atoms with Crippen LogP contribution in [0, 0.1) is 16.2 Å². The molecule has 3 aromatic rings. The number of fused-ring (bicyclic) bond motifs is 1. The number of esters is 1. The van der Waals surface area contributed by atoms with E-state index in [-0.39, 0.29) is 23.4 Å². The number of carbonyl (C=O) groups excluding carboxylic acids is 1. The Kier molecular flexibility index (Phi) is 9.44. The minimum absolute atomic E-state index is 0.0144. The molecule has 5 heteroatoms. The molecule has 1 atom stereocenters. The fourth-order valence-corrected chi connectivity index (χ4v) is 5.94. The van der Waals surface area contributed by atoms with Gasteiger partial charge in [0.1, 0.15) is 28.3 Å². The highest BCUT2D eigenvalue weighted by molar-refractivity contribution is 5.84. The Bertz CT molecular complexity index is 1330. The van der Waals surface area contributed by atoms with Gasteiger partial charge in [-0.3, -0.25) is 4.79 Å². The van der Waals surface area contributed by atoms with Crippen molar-refractivity contribution in [1.29, 1.82) is 0 Å². The van der Waals surface area contributed by atoms with E-state index in [1.807, 2.05) is 65.0 Å². The van der Waals surface area contributed by atoms with E-state index in [4.69, 9.17) is 13.9 Å². The number of carbonyl (C=O) groups is 1. The van der Waals surface area contributed by atoms with Gasteiger partial charge in [0.2, 0.25) is 0 Å². The lowest BCUT2D eigenvalue weighted by molar-refractivity contribution is -0.181. The molecule has 0 spiro atoms. The topological polar surface area (TPSA) is 68.9 Å². The molecule has 0 saturated heterocycles. The van der Waals surface area contributed by atoms with Crippen LogP contribution in [0.15, 0.2) is 52.9 Å². The summed E-state index contributed by atoms with van der Waals surface area (Å²) in [5.74, 6) is 1.34. The standard InChI is InChI=1S/C36H52O5/c1-32(2,3)23-36(11,33(4,5)6)31(38)41-35(9,10)24-34(7,8)40-27-19-18-26-21-30(39-29(26)22-27)28-17-13-12-15-25(28)16-14-20-37/h12-13,15,17-19,21-22,37H,14,16,20,23-24H2,1-11H3. The molecule has 1 unspecified atom stereocenters. The van der Waals surface area contributed by atoms with E-state index in [2.05, 4.69) is 59.7 Å². The van der Waals surface area contributed by atoms with Crippen molar-refractivity contribution in [2.75, 3.05) is 6.61 Å². The van der Waals surface area contributed by atoms with Crippen molar-refractivity contribution in [3.63, 3.8) is 0 Å². The molecule has 0 bridgehead atoms. The summed E-state index contributed by atoms with van der Waals surface area (Å²) in [4.78, 5) is 13.7. The fraction of sp³-hybridized carbons (Fsp3) is 0.583. The van der Waals surface area contributed by atoms with Gasteiger partial charge in [0, 0.05) is 30.0 Å². The van der Waals surface area contributed by atoms with Crippen LogP contribution in [0.25, 0.3) is 22.3 Å². The van der Waals surface area contributed by atoms with Crippen LogP contribution in [0.5, 0.6) is 5.75 Å². The monoisotopic (exact) mass is 564 g/mol. The molecule has 3 rings (SSSR count). The van der Waals surface area contributed by atoms with Crippen molar-refractivity contribution in [3.8, 4) is 17.1 Å². The van der Waals surface area contributed by atoms with E-state index in [0.29, 0.717) is 18.6 Å². The van der Waals surface area contributed by atoms with Gasteiger partial charge >= 0.3 is 5.97 Å². The largest absolute Gasteiger partial charge is 0.488 e. The molecule has 0 amide bonds. The number of aryl methyl sites for hydroxylation is 1. The highest BCUT2D eigenvalue weighted by atomic mass is 16.6. The maximum atomic E-state index is 13.7. The van der Waals surface area contributed by atoms with Crippen LogP contribution < -0.4 is 4.74 Å². The van der Waals surface area contributed by atoms with Gasteiger partial charge in [-0.05, 0) is 88.5 Å². The highest BCUT2D eigenvalue weighted by Crippen LogP contribution is 2.48. The number of hydrogen-bond donors (Lipinski definition) is 1. The molecule has 0 aliphatic heterocycles. The summed E-state index contributed by atoms with van der Waals surface area (Å²) in [6.45, 7) is 23.0. The summed E-state index contributed by atoms with van der Waals surface area (Å²) in [6, 6.07) is 16.1.